The summed E-state index contributed by atoms with van der Waals surface area (Å²) in [5.41, 5.74) is 2.10. The number of hydrogen-bond acceptors (Lipinski definition) is 2. The monoisotopic (exact) mass is 273 g/mol. The van der Waals surface area contributed by atoms with E-state index in [1.165, 1.54) is 6.07 Å². The second-order valence-electron chi connectivity index (χ2n) is 4.93. The van der Waals surface area contributed by atoms with Crippen LogP contribution in [0.3, 0.4) is 0 Å². The van der Waals surface area contributed by atoms with E-state index in [1.807, 2.05) is 51.2 Å². The van der Waals surface area contributed by atoms with Gasteiger partial charge in [-0.3, -0.25) is 0 Å². The highest BCUT2D eigenvalue weighted by Crippen LogP contribution is 2.24. The molecule has 0 aliphatic heterocycles. The topological polar surface area (TPSA) is 21.3 Å². The molecule has 2 aromatic carbocycles. The van der Waals surface area contributed by atoms with E-state index in [4.69, 9.17) is 4.74 Å². The minimum absolute atomic E-state index is 0.0103. The van der Waals surface area contributed by atoms with Crippen LogP contribution in [0.2, 0.25) is 0 Å². The lowest BCUT2D eigenvalue weighted by atomic mass is 10.0. The highest BCUT2D eigenvalue weighted by molar-refractivity contribution is 5.30. The van der Waals surface area contributed by atoms with Crippen LogP contribution in [0.4, 0.5) is 4.39 Å². The van der Waals surface area contributed by atoms with Crippen LogP contribution in [0.25, 0.3) is 0 Å². The molecule has 3 heteroatoms. The van der Waals surface area contributed by atoms with Gasteiger partial charge in [-0.2, -0.15) is 0 Å². The molecule has 0 spiro atoms. The molecular weight excluding hydrogens is 253 g/mol. The molecule has 2 unspecified atom stereocenters. The summed E-state index contributed by atoms with van der Waals surface area (Å²) in [6, 6.07) is 14.9. The molecule has 1 N–H and O–H groups in total. The maximum absolute atomic E-state index is 13.8. The molecule has 0 aromatic heterocycles. The van der Waals surface area contributed by atoms with Crippen molar-refractivity contribution in [1.82, 2.24) is 5.32 Å². The Balaban J connectivity index is 2.17. The van der Waals surface area contributed by atoms with Gasteiger partial charge in [0.25, 0.3) is 0 Å². The SMILES string of the molecule is CNC(c1ccccc1)C(C)Oc1cc(C)ccc1F. The van der Waals surface area contributed by atoms with E-state index in [0.29, 0.717) is 5.75 Å². The fraction of sp³-hybridized carbons (Fsp3) is 0.294. The molecule has 20 heavy (non-hydrogen) atoms. The standard InChI is InChI=1S/C17H20FNO/c1-12-9-10-15(18)16(11-12)20-13(2)17(19-3)14-7-5-4-6-8-14/h4-11,13,17,19H,1-3H3. The molecule has 0 radical (unpaired) electrons. The van der Waals surface area contributed by atoms with Gasteiger partial charge in [0.2, 0.25) is 0 Å². The van der Waals surface area contributed by atoms with E-state index in [9.17, 15) is 4.39 Å². The van der Waals surface area contributed by atoms with Crippen LogP contribution in [0.1, 0.15) is 24.1 Å². The van der Waals surface area contributed by atoms with Gasteiger partial charge in [-0.05, 0) is 44.2 Å². The number of rotatable bonds is 5. The number of ether oxygens (including phenoxy) is 1. The number of nitrogens with one attached hydrogen (secondary N) is 1. The molecule has 0 aliphatic rings. The van der Waals surface area contributed by atoms with E-state index >= 15 is 0 Å². The molecular formula is C17H20FNO. The lowest BCUT2D eigenvalue weighted by Crippen LogP contribution is -2.31. The first kappa shape index (κ1) is 14.5. The van der Waals surface area contributed by atoms with E-state index < -0.39 is 0 Å². The highest BCUT2D eigenvalue weighted by atomic mass is 19.1. The maximum Gasteiger partial charge on any atom is 0.165 e. The van der Waals surface area contributed by atoms with Crippen molar-refractivity contribution in [2.45, 2.75) is 26.0 Å². The molecule has 2 nitrogen and oxygen atoms in total. The van der Waals surface area contributed by atoms with Gasteiger partial charge in [-0.15, -0.1) is 0 Å². The molecule has 0 saturated heterocycles. The van der Waals surface area contributed by atoms with Gasteiger partial charge in [-0.1, -0.05) is 36.4 Å². The summed E-state index contributed by atoms with van der Waals surface area (Å²) in [6.07, 6.45) is -0.182. The van der Waals surface area contributed by atoms with E-state index in [2.05, 4.69) is 5.32 Å². The molecule has 2 aromatic rings. The van der Waals surface area contributed by atoms with Crippen LogP contribution in [-0.2, 0) is 0 Å². The van der Waals surface area contributed by atoms with Crippen LogP contribution in [-0.4, -0.2) is 13.2 Å². The first-order valence-electron chi connectivity index (χ1n) is 6.77. The Hall–Kier alpha value is -1.87. The summed E-state index contributed by atoms with van der Waals surface area (Å²) in [5.74, 6) is -0.0287. The van der Waals surface area contributed by atoms with Gasteiger partial charge in [0.05, 0.1) is 6.04 Å². The Morgan fingerprint density at radius 3 is 2.45 bits per heavy atom. The van der Waals surface area contributed by atoms with Gasteiger partial charge < -0.3 is 10.1 Å². The van der Waals surface area contributed by atoms with Crippen molar-refractivity contribution in [2.24, 2.45) is 0 Å². The van der Waals surface area contributed by atoms with E-state index in [1.54, 1.807) is 12.1 Å². The smallest absolute Gasteiger partial charge is 0.165 e. The van der Waals surface area contributed by atoms with Crippen molar-refractivity contribution >= 4 is 0 Å². The lowest BCUT2D eigenvalue weighted by Gasteiger charge is -2.25. The van der Waals surface area contributed by atoms with Crippen molar-refractivity contribution in [3.05, 3.63) is 65.5 Å². The zero-order valence-electron chi connectivity index (χ0n) is 12.1. The van der Waals surface area contributed by atoms with Gasteiger partial charge in [0.1, 0.15) is 6.10 Å². The molecule has 106 valence electrons. The average molecular weight is 273 g/mol. The zero-order chi connectivity index (χ0) is 14.5. The molecule has 2 rings (SSSR count). The van der Waals surface area contributed by atoms with Crippen LogP contribution in [0.15, 0.2) is 48.5 Å². The number of halogens is 1. The Labute approximate surface area is 119 Å². The third-order valence-corrected chi connectivity index (χ3v) is 3.34. The predicted octanol–water partition coefficient (Wildman–Crippen LogP) is 3.86. The summed E-state index contributed by atoms with van der Waals surface area (Å²) in [7, 11) is 1.88. The predicted molar refractivity (Wildman–Crippen MR) is 79.5 cm³/mol. The quantitative estimate of drug-likeness (QED) is 0.893. The summed E-state index contributed by atoms with van der Waals surface area (Å²) in [4.78, 5) is 0. The highest BCUT2D eigenvalue weighted by Gasteiger charge is 2.20. The number of likely N-dealkylation sites (N-methyl/N-ethyl adjacent to an activating group) is 1. The molecule has 0 aliphatic carbocycles. The minimum Gasteiger partial charge on any atom is -0.486 e. The van der Waals surface area contributed by atoms with Crippen LogP contribution in [0.5, 0.6) is 5.75 Å². The molecule has 0 bridgehead atoms. The van der Waals surface area contributed by atoms with Crippen molar-refractivity contribution in [1.29, 1.82) is 0 Å². The van der Waals surface area contributed by atoms with Gasteiger partial charge in [0, 0.05) is 0 Å². The Bertz CT molecular complexity index is 556. The summed E-state index contributed by atoms with van der Waals surface area (Å²) in [5, 5.41) is 3.22. The third kappa shape index (κ3) is 3.36. The van der Waals surface area contributed by atoms with Gasteiger partial charge in [0.15, 0.2) is 11.6 Å². The zero-order valence-corrected chi connectivity index (χ0v) is 12.1. The second kappa shape index (κ2) is 6.53. The van der Waals surface area contributed by atoms with Crippen LogP contribution in [0, 0.1) is 12.7 Å². The minimum atomic E-state index is -0.328. The van der Waals surface area contributed by atoms with Crippen molar-refractivity contribution in [2.75, 3.05) is 7.05 Å². The first-order valence-corrected chi connectivity index (χ1v) is 6.77. The van der Waals surface area contributed by atoms with Gasteiger partial charge in [-0.25, -0.2) is 4.39 Å². The molecule has 2 atom stereocenters. The molecule has 0 fully saturated rings. The van der Waals surface area contributed by atoms with Crippen molar-refractivity contribution in [3.63, 3.8) is 0 Å². The summed E-state index contributed by atoms with van der Waals surface area (Å²) < 4.78 is 19.6. The van der Waals surface area contributed by atoms with Crippen molar-refractivity contribution in [3.8, 4) is 5.75 Å². The molecule has 0 saturated carbocycles. The van der Waals surface area contributed by atoms with Crippen molar-refractivity contribution < 1.29 is 9.13 Å². The van der Waals surface area contributed by atoms with Crippen LogP contribution >= 0.6 is 0 Å². The Kier molecular flexibility index (Phi) is 4.74. The number of benzene rings is 2. The normalized spacial score (nSPS) is 13.8. The van der Waals surface area contributed by atoms with Gasteiger partial charge >= 0.3 is 0 Å². The lowest BCUT2D eigenvalue weighted by molar-refractivity contribution is 0.168. The van der Waals surface area contributed by atoms with E-state index in [-0.39, 0.29) is 18.0 Å². The fourth-order valence-electron chi connectivity index (χ4n) is 2.30. The summed E-state index contributed by atoms with van der Waals surface area (Å²) in [6.45, 7) is 3.86. The first-order chi connectivity index (χ1) is 9.61. The Morgan fingerprint density at radius 1 is 1.10 bits per heavy atom. The fourth-order valence-corrected chi connectivity index (χ4v) is 2.30. The summed E-state index contributed by atoms with van der Waals surface area (Å²) >= 11 is 0. The molecule has 0 heterocycles. The number of hydrogen-bond donors (Lipinski definition) is 1. The largest absolute Gasteiger partial charge is 0.486 e. The Morgan fingerprint density at radius 2 is 1.80 bits per heavy atom. The maximum atomic E-state index is 13.8. The average Bonchev–Trinajstić information content (AvgIpc) is 2.45. The second-order valence-corrected chi connectivity index (χ2v) is 4.93. The molecule has 0 amide bonds. The number of aryl methyl sites for hydroxylation is 1. The van der Waals surface area contributed by atoms with Crippen LogP contribution < -0.4 is 10.1 Å². The van der Waals surface area contributed by atoms with E-state index in [0.717, 1.165) is 11.1 Å². The third-order valence-electron chi connectivity index (χ3n) is 3.34.